The quantitative estimate of drug-likeness (QED) is 0.329. The maximum Gasteiger partial charge on any atom is 0.421 e. The Morgan fingerprint density at radius 2 is 1.58 bits per heavy atom. The summed E-state index contributed by atoms with van der Waals surface area (Å²) in [6, 6.07) is 9.47. The van der Waals surface area contributed by atoms with Gasteiger partial charge in [-0.15, -0.1) is 0 Å². The lowest BCUT2D eigenvalue weighted by molar-refractivity contribution is -0.139. The van der Waals surface area contributed by atoms with Crippen molar-refractivity contribution in [1.82, 2.24) is 19.9 Å². The summed E-state index contributed by atoms with van der Waals surface area (Å²) in [4.78, 5) is 29.2. The Morgan fingerprint density at radius 3 is 2.23 bits per heavy atom. The number of pyridine rings is 1. The van der Waals surface area contributed by atoms with Crippen LogP contribution < -0.4 is 14.5 Å². The van der Waals surface area contributed by atoms with Crippen molar-refractivity contribution in [1.29, 1.82) is 0 Å². The van der Waals surface area contributed by atoms with E-state index in [0.29, 0.717) is 38.0 Å². The molecule has 43 heavy (non-hydrogen) atoms. The number of rotatable bonds is 7. The molecule has 0 radical (unpaired) electrons. The number of aromatic nitrogens is 3. The lowest BCUT2D eigenvalue weighted by atomic mass is 10.2. The Morgan fingerprint density at radius 1 is 0.884 bits per heavy atom. The molecule has 2 saturated heterocycles. The highest BCUT2D eigenvalue weighted by molar-refractivity contribution is 5.68. The number of nitrogens with zero attached hydrogens (tertiary/aromatic N) is 6. The zero-order chi connectivity index (χ0) is 30.6. The third kappa shape index (κ3) is 7.38. The minimum Gasteiger partial charge on any atom is -0.472 e. The molecular weight excluding hydrogens is 582 g/mol. The summed E-state index contributed by atoms with van der Waals surface area (Å²) in [5, 5.41) is 0. The molecule has 1 aromatic carbocycles. The molecule has 230 valence electrons. The van der Waals surface area contributed by atoms with E-state index in [1.165, 1.54) is 11.1 Å². The number of anilines is 2. The molecule has 0 aliphatic carbocycles. The van der Waals surface area contributed by atoms with E-state index in [2.05, 4.69) is 15.0 Å². The van der Waals surface area contributed by atoms with E-state index < -0.39 is 35.5 Å². The second-order valence-electron chi connectivity index (χ2n) is 10.1. The summed E-state index contributed by atoms with van der Waals surface area (Å²) < 4.78 is 91.0. The van der Waals surface area contributed by atoms with Gasteiger partial charge in [-0.1, -0.05) is 30.3 Å². The number of ether oxygens (including phenoxy) is 2. The zero-order valence-electron chi connectivity index (χ0n) is 22.8. The molecule has 0 N–H and O–H groups in total. The van der Waals surface area contributed by atoms with Crippen LogP contribution in [0.3, 0.4) is 0 Å². The van der Waals surface area contributed by atoms with Gasteiger partial charge in [0, 0.05) is 45.1 Å². The summed E-state index contributed by atoms with van der Waals surface area (Å²) in [5.41, 5.74) is -0.976. The number of carbonyl (C=O) groups excluding carboxylic acids is 1. The predicted molar refractivity (Wildman–Crippen MR) is 143 cm³/mol. The van der Waals surface area contributed by atoms with Crippen LogP contribution in [0.1, 0.15) is 29.5 Å². The van der Waals surface area contributed by atoms with E-state index in [1.807, 2.05) is 0 Å². The van der Waals surface area contributed by atoms with Crippen LogP contribution in [-0.2, 0) is 23.7 Å². The van der Waals surface area contributed by atoms with Crippen LogP contribution in [0, 0.1) is 0 Å². The topological polar surface area (TPSA) is 83.9 Å². The molecule has 0 saturated carbocycles. The zero-order valence-corrected chi connectivity index (χ0v) is 22.8. The van der Waals surface area contributed by atoms with Crippen LogP contribution in [0.4, 0.5) is 42.8 Å². The molecule has 15 heteroatoms. The smallest absolute Gasteiger partial charge is 0.421 e. The second kappa shape index (κ2) is 12.5. The average molecular weight is 611 g/mol. The highest BCUT2D eigenvalue weighted by Gasteiger charge is 2.38. The number of hydrogen-bond donors (Lipinski definition) is 0. The lowest BCUT2D eigenvalue weighted by Crippen LogP contribution is -2.50. The number of piperazine rings is 1. The Balaban J connectivity index is 1.16. The fraction of sp³-hybridized carbons (Fsp3) is 0.429. The van der Waals surface area contributed by atoms with Gasteiger partial charge in [0.2, 0.25) is 11.8 Å². The lowest BCUT2D eigenvalue weighted by Gasteiger charge is -2.34. The van der Waals surface area contributed by atoms with Gasteiger partial charge in [0.15, 0.2) is 0 Å². The summed E-state index contributed by atoms with van der Waals surface area (Å²) in [6.45, 7) is 1.43. The monoisotopic (exact) mass is 610 g/mol. The average Bonchev–Trinajstić information content (AvgIpc) is 3.47. The number of carbonyl (C=O) groups is 1. The van der Waals surface area contributed by atoms with Crippen LogP contribution in [0.5, 0.6) is 5.88 Å². The molecule has 0 spiro atoms. The summed E-state index contributed by atoms with van der Waals surface area (Å²) >= 11 is 0. The van der Waals surface area contributed by atoms with E-state index in [0.717, 1.165) is 18.5 Å². The first kappa shape index (κ1) is 30.2. The van der Waals surface area contributed by atoms with Crippen molar-refractivity contribution >= 4 is 17.7 Å². The predicted octanol–water partition coefficient (Wildman–Crippen LogP) is 5.42. The Labute approximate surface area is 243 Å². The van der Waals surface area contributed by atoms with Gasteiger partial charge < -0.3 is 24.2 Å². The number of halogens is 6. The van der Waals surface area contributed by atoms with Crippen LogP contribution in [-0.4, -0.2) is 71.3 Å². The standard InChI is InChI=1S/C28H28F6N6O3/c29-27(30,31)20-14-36-25(37-15-20)38-9-11-39(12-10-38)26(41)43-18-21-7-4-8-40(21)22-13-23(28(32,33)34)24(35-16-22)42-17-19-5-2-1-3-6-19/h1-3,5-6,13-16,21H,4,7-12,17-18H2. The van der Waals surface area contributed by atoms with Crippen LogP contribution in [0.2, 0.25) is 0 Å². The van der Waals surface area contributed by atoms with Gasteiger partial charge in [0.25, 0.3) is 0 Å². The van der Waals surface area contributed by atoms with Crippen molar-refractivity contribution in [3.8, 4) is 5.88 Å². The maximum atomic E-state index is 13.9. The van der Waals surface area contributed by atoms with Gasteiger partial charge in [-0.25, -0.2) is 19.7 Å². The van der Waals surface area contributed by atoms with Gasteiger partial charge in [-0.05, 0) is 24.5 Å². The first-order valence-corrected chi connectivity index (χ1v) is 13.6. The van der Waals surface area contributed by atoms with Gasteiger partial charge in [-0.2, -0.15) is 26.3 Å². The molecule has 4 heterocycles. The van der Waals surface area contributed by atoms with E-state index >= 15 is 0 Å². The van der Waals surface area contributed by atoms with Crippen molar-refractivity contribution in [3.63, 3.8) is 0 Å². The normalized spacial score (nSPS) is 17.7. The van der Waals surface area contributed by atoms with E-state index in [4.69, 9.17) is 9.47 Å². The van der Waals surface area contributed by atoms with Crippen molar-refractivity contribution in [2.45, 2.75) is 37.8 Å². The summed E-state index contributed by atoms with van der Waals surface area (Å²) in [5.74, 6) is -0.381. The van der Waals surface area contributed by atoms with Crippen LogP contribution in [0.15, 0.2) is 55.0 Å². The van der Waals surface area contributed by atoms with Crippen molar-refractivity contribution < 1.29 is 40.6 Å². The summed E-state index contributed by atoms with van der Waals surface area (Å²) in [7, 11) is 0. The third-order valence-corrected chi connectivity index (χ3v) is 7.25. The van der Waals surface area contributed by atoms with E-state index in [-0.39, 0.29) is 44.0 Å². The molecule has 0 bridgehead atoms. The molecule has 1 unspecified atom stereocenters. The molecule has 1 amide bonds. The highest BCUT2D eigenvalue weighted by atomic mass is 19.4. The van der Waals surface area contributed by atoms with E-state index in [9.17, 15) is 31.1 Å². The number of amides is 1. The molecule has 2 aromatic heterocycles. The fourth-order valence-electron chi connectivity index (χ4n) is 4.97. The van der Waals surface area contributed by atoms with E-state index in [1.54, 1.807) is 40.1 Å². The molecule has 1 atom stereocenters. The summed E-state index contributed by atoms with van der Waals surface area (Å²) in [6.07, 6.45) is -5.74. The fourth-order valence-corrected chi connectivity index (χ4v) is 4.97. The number of benzene rings is 1. The maximum absolute atomic E-state index is 13.9. The van der Waals surface area contributed by atoms with Crippen molar-refractivity contribution in [2.75, 3.05) is 49.1 Å². The second-order valence-corrected chi connectivity index (χ2v) is 10.1. The SMILES string of the molecule is O=C(OCC1CCCN1c1cnc(OCc2ccccc2)c(C(F)(F)F)c1)N1CCN(c2ncc(C(F)(F)F)cn2)CC1. The first-order valence-electron chi connectivity index (χ1n) is 13.6. The molecular formula is C28H28F6N6O3. The highest BCUT2D eigenvalue weighted by Crippen LogP contribution is 2.39. The van der Waals surface area contributed by atoms with Gasteiger partial charge >= 0.3 is 18.4 Å². The minimum atomic E-state index is -4.69. The molecule has 2 aliphatic rings. The molecule has 3 aromatic rings. The molecule has 2 fully saturated rings. The first-order chi connectivity index (χ1) is 20.5. The number of alkyl halides is 6. The third-order valence-electron chi connectivity index (χ3n) is 7.25. The minimum absolute atomic E-state index is 0.0331. The Bertz CT molecular complexity index is 1380. The Hall–Kier alpha value is -4.30. The van der Waals surface area contributed by atoms with Gasteiger partial charge in [-0.3, -0.25) is 0 Å². The molecule has 9 nitrogen and oxygen atoms in total. The van der Waals surface area contributed by atoms with Gasteiger partial charge in [0.05, 0.1) is 23.5 Å². The number of hydrogen-bond acceptors (Lipinski definition) is 8. The van der Waals surface area contributed by atoms with Crippen molar-refractivity contribution in [3.05, 3.63) is 71.7 Å². The molecule has 5 rings (SSSR count). The van der Waals surface area contributed by atoms with Crippen LogP contribution in [0.25, 0.3) is 0 Å². The van der Waals surface area contributed by atoms with Crippen LogP contribution >= 0.6 is 0 Å². The van der Waals surface area contributed by atoms with Gasteiger partial charge in [0.1, 0.15) is 18.8 Å². The Kier molecular flexibility index (Phi) is 8.78. The molecule has 2 aliphatic heterocycles. The largest absolute Gasteiger partial charge is 0.472 e. The van der Waals surface area contributed by atoms with Crippen molar-refractivity contribution in [2.24, 2.45) is 0 Å².